The first-order valence-corrected chi connectivity index (χ1v) is 13.5. The molecule has 1 fully saturated rings. The Balaban J connectivity index is 1.39. The van der Waals surface area contributed by atoms with Gasteiger partial charge in [0.05, 0.1) is 5.69 Å². The number of thiazole rings is 1. The van der Waals surface area contributed by atoms with Crippen molar-refractivity contribution in [3.05, 3.63) is 34.7 Å². The molecule has 0 N–H and O–H groups in total. The van der Waals surface area contributed by atoms with Crippen molar-refractivity contribution < 1.29 is 4.74 Å². The molecule has 0 atom stereocenters. The number of methoxy groups -OCH3 is 1. The average molecular weight is 455 g/mol. The number of aromatic nitrogens is 1. The lowest BCUT2D eigenvalue weighted by Crippen LogP contribution is -2.33. The van der Waals surface area contributed by atoms with E-state index in [1.54, 1.807) is 7.11 Å². The second-order valence-corrected chi connectivity index (χ2v) is 12.2. The predicted octanol–water partition coefficient (Wildman–Crippen LogP) is 7.58. The summed E-state index contributed by atoms with van der Waals surface area (Å²) in [7, 11) is 1.80. The second-order valence-electron chi connectivity index (χ2n) is 11.3. The highest BCUT2D eigenvalue weighted by atomic mass is 32.1. The van der Waals surface area contributed by atoms with Gasteiger partial charge in [0.1, 0.15) is 0 Å². The van der Waals surface area contributed by atoms with Crippen LogP contribution in [0.4, 0.5) is 5.13 Å². The Morgan fingerprint density at radius 1 is 1.00 bits per heavy atom. The molecule has 0 unspecified atom stereocenters. The average Bonchev–Trinajstić information content (AvgIpc) is 3.27. The van der Waals surface area contributed by atoms with Crippen molar-refractivity contribution in [1.82, 2.24) is 4.98 Å². The maximum absolute atomic E-state index is 5.16. The Hall–Kier alpha value is -1.39. The first-order valence-electron chi connectivity index (χ1n) is 12.6. The minimum atomic E-state index is 0.241. The van der Waals surface area contributed by atoms with Crippen LogP contribution < -0.4 is 4.90 Å². The van der Waals surface area contributed by atoms with Crippen molar-refractivity contribution in [2.75, 3.05) is 31.7 Å². The summed E-state index contributed by atoms with van der Waals surface area (Å²) < 4.78 is 5.16. The molecule has 0 radical (unpaired) electrons. The first kappa shape index (κ1) is 23.8. The van der Waals surface area contributed by atoms with Crippen LogP contribution in [0.2, 0.25) is 0 Å². The summed E-state index contributed by atoms with van der Waals surface area (Å²) in [5, 5.41) is 3.47. The fourth-order valence-corrected chi connectivity index (χ4v) is 6.45. The van der Waals surface area contributed by atoms with E-state index in [0.29, 0.717) is 0 Å². The SMILES string of the molecule is COCCCCCC1CCN(c2nc(-c3ccc4c(c3)C(C)(C)CCC4(C)C)cs2)CC1. The molecular weight excluding hydrogens is 412 g/mol. The van der Waals surface area contributed by atoms with E-state index < -0.39 is 0 Å². The highest BCUT2D eigenvalue weighted by Crippen LogP contribution is 2.47. The van der Waals surface area contributed by atoms with Crippen molar-refractivity contribution in [3.8, 4) is 11.3 Å². The Labute approximate surface area is 199 Å². The summed E-state index contributed by atoms with van der Waals surface area (Å²) in [4.78, 5) is 7.60. The van der Waals surface area contributed by atoms with Gasteiger partial charge in [0, 0.05) is 37.7 Å². The highest BCUT2D eigenvalue weighted by molar-refractivity contribution is 7.14. The molecule has 176 valence electrons. The number of rotatable bonds is 8. The molecular formula is C28H42N2OS. The van der Waals surface area contributed by atoms with Crippen LogP contribution in [-0.2, 0) is 15.6 Å². The molecule has 1 aliphatic heterocycles. The molecule has 2 aromatic rings. The number of hydrogen-bond acceptors (Lipinski definition) is 4. The molecule has 0 spiro atoms. The zero-order valence-corrected chi connectivity index (χ0v) is 21.7. The van der Waals surface area contributed by atoms with E-state index in [1.807, 2.05) is 11.3 Å². The van der Waals surface area contributed by atoms with Crippen LogP contribution in [0, 0.1) is 5.92 Å². The van der Waals surface area contributed by atoms with Gasteiger partial charge >= 0.3 is 0 Å². The Morgan fingerprint density at radius 2 is 1.72 bits per heavy atom. The Morgan fingerprint density at radius 3 is 2.44 bits per heavy atom. The zero-order valence-electron chi connectivity index (χ0n) is 20.9. The van der Waals surface area contributed by atoms with Gasteiger partial charge in [0.15, 0.2) is 5.13 Å². The van der Waals surface area contributed by atoms with Crippen LogP contribution in [0.15, 0.2) is 23.6 Å². The molecule has 0 bridgehead atoms. The van der Waals surface area contributed by atoms with Crippen LogP contribution in [0.25, 0.3) is 11.3 Å². The maximum Gasteiger partial charge on any atom is 0.185 e. The molecule has 1 aromatic heterocycles. The van der Waals surface area contributed by atoms with Crippen LogP contribution >= 0.6 is 11.3 Å². The summed E-state index contributed by atoms with van der Waals surface area (Å²) in [6.45, 7) is 12.8. The van der Waals surface area contributed by atoms with Crippen LogP contribution in [0.1, 0.15) is 90.2 Å². The molecule has 0 amide bonds. The minimum Gasteiger partial charge on any atom is -0.385 e. The van der Waals surface area contributed by atoms with Crippen LogP contribution in [-0.4, -0.2) is 31.8 Å². The molecule has 1 aromatic carbocycles. The smallest absolute Gasteiger partial charge is 0.185 e. The van der Waals surface area contributed by atoms with Gasteiger partial charge in [0.2, 0.25) is 0 Å². The lowest BCUT2D eigenvalue weighted by molar-refractivity contribution is 0.191. The maximum atomic E-state index is 5.16. The number of unbranched alkanes of at least 4 members (excludes halogenated alkanes) is 2. The monoisotopic (exact) mass is 454 g/mol. The summed E-state index contributed by atoms with van der Waals surface area (Å²) in [6, 6.07) is 7.12. The highest BCUT2D eigenvalue weighted by Gasteiger charge is 2.37. The summed E-state index contributed by atoms with van der Waals surface area (Å²) in [5.74, 6) is 0.888. The molecule has 1 aliphatic carbocycles. The molecule has 4 heteroatoms. The molecule has 2 heterocycles. The second kappa shape index (κ2) is 9.85. The standard InChI is InChI=1S/C28H42N2OS/c1-27(2)14-15-28(3,4)24-19-22(10-11-23(24)27)25-20-32-26(29-25)30-16-12-21(13-17-30)9-7-6-8-18-31-5/h10-11,19-21H,6-9,12-18H2,1-5H3. The van der Waals surface area contributed by atoms with Gasteiger partial charge in [-0.1, -0.05) is 59.1 Å². The zero-order chi connectivity index (χ0) is 22.8. The summed E-state index contributed by atoms with van der Waals surface area (Å²) >= 11 is 1.82. The van der Waals surface area contributed by atoms with Crippen molar-refractivity contribution in [2.45, 2.75) is 89.9 Å². The van der Waals surface area contributed by atoms with Crippen LogP contribution in [0.3, 0.4) is 0 Å². The Bertz CT molecular complexity index is 893. The van der Waals surface area contributed by atoms with Crippen molar-refractivity contribution in [2.24, 2.45) is 5.92 Å². The van der Waals surface area contributed by atoms with Gasteiger partial charge < -0.3 is 9.64 Å². The number of fused-ring (bicyclic) bond motifs is 1. The lowest BCUT2D eigenvalue weighted by Gasteiger charge is -2.42. The molecule has 0 saturated carbocycles. The number of anilines is 1. The normalized spacial score (nSPS) is 20.3. The molecule has 32 heavy (non-hydrogen) atoms. The van der Waals surface area contributed by atoms with Gasteiger partial charge in [-0.25, -0.2) is 4.98 Å². The molecule has 2 aliphatic rings. The predicted molar refractivity (Wildman–Crippen MR) is 138 cm³/mol. The number of benzene rings is 1. The van der Waals surface area contributed by atoms with E-state index in [-0.39, 0.29) is 10.8 Å². The number of nitrogens with zero attached hydrogens (tertiary/aromatic N) is 2. The van der Waals surface area contributed by atoms with Crippen molar-refractivity contribution in [1.29, 1.82) is 0 Å². The summed E-state index contributed by atoms with van der Waals surface area (Å²) in [6.07, 6.45) is 10.4. The largest absolute Gasteiger partial charge is 0.385 e. The third-order valence-corrected chi connectivity index (χ3v) is 8.89. The van der Waals surface area contributed by atoms with Gasteiger partial charge in [-0.15, -0.1) is 11.3 Å². The number of piperidine rings is 1. The van der Waals surface area contributed by atoms with Gasteiger partial charge in [-0.05, 0) is 66.0 Å². The summed E-state index contributed by atoms with van der Waals surface area (Å²) in [5.41, 5.74) is 5.98. The van der Waals surface area contributed by atoms with Gasteiger partial charge in [-0.2, -0.15) is 0 Å². The third kappa shape index (κ3) is 5.22. The topological polar surface area (TPSA) is 25.4 Å². The lowest BCUT2D eigenvalue weighted by atomic mass is 9.63. The quantitative estimate of drug-likeness (QED) is 0.384. The number of hydrogen-bond donors (Lipinski definition) is 0. The molecule has 1 saturated heterocycles. The Kier molecular flexibility index (Phi) is 7.31. The molecule has 4 rings (SSSR count). The first-order chi connectivity index (χ1) is 15.3. The van der Waals surface area contributed by atoms with Crippen LogP contribution in [0.5, 0.6) is 0 Å². The van der Waals surface area contributed by atoms with Gasteiger partial charge in [-0.3, -0.25) is 0 Å². The van der Waals surface area contributed by atoms with E-state index in [4.69, 9.17) is 9.72 Å². The minimum absolute atomic E-state index is 0.241. The van der Waals surface area contributed by atoms with E-state index in [9.17, 15) is 0 Å². The van der Waals surface area contributed by atoms with Crippen molar-refractivity contribution >= 4 is 16.5 Å². The van der Waals surface area contributed by atoms with E-state index in [0.717, 1.165) is 31.3 Å². The third-order valence-electron chi connectivity index (χ3n) is 7.99. The number of ether oxygens (including phenoxy) is 1. The fraction of sp³-hybridized carbons (Fsp3) is 0.679. The fourth-order valence-electron chi connectivity index (χ4n) is 5.56. The molecule has 3 nitrogen and oxygen atoms in total. The van der Waals surface area contributed by atoms with E-state index in [2.05, 4.69) is 56.2 Å². The van der Waals surface area contributed by atoms with Crippen molar-refractivity contribution in [3.63, 3.8) is 0 Å². The van der Waals surface area contributed by atoms with Gasteiger partial charge in [0.25, 0.3) is 0 Å². The van der Waals surface area contributed by atoms with E-state index >= 15 is 0 Å². The van der Waals surface area contributed by atoms with E-state index in [1.165, 1.54) is 73.2 Å².